The van der Waals surface area contributed by atoms with Crippen LogP contribution < -0.4 is 0 Å². The maximum absolute atomic E-state index is 13.8. The Kier molecular flexibility index (Phi) is 5.57. The number of aliphatic hydroxyl groups excluding tert-OH is 1. The van der Waals surface area contributed by atoms with Crippen molar-refractivity contribution >= 4 is 6.09 Å². The molecule has 160 valence electrons. The maximum Gasteiger partial charge on any atom is 0.409 e. The highest BCUT2D eigenvalue weighted by atomic mass is 19.3. The van der Waals surface area contributed by atoms with Crippen molar-refractivity contribution in [2.24, 2.45) is 5.41 Å². The minimum Gasteiger partial charge on any atom is -0.450 e. The molecule has 4 rings (SSSR count). The van der Waals surface area contributed by atoms with E-state index in [1.54, 1.807) is 4.90 Å². The molecule has 3 heterocycles. The first-order chi connectivity index (χ1) is 13.3. The summed E-state index contributed by atoms with van der Waals surface area (Å²) in [5.74, 6) is -2.67. The second-order valence-corrected chi connectivity index (χ2v) is 9.29. The molecular weight excluding hydrogens is 368 g/mol. The van der Waals surface area contributed by atoms with E-state index in [2.05, 4.69) is 4.90 Å². The van der Waals surface area contributed by atoms with Crippen LogP contribution in [0.25, 0.3) is 0 Å². The zero-order valence-electron chi connectivity index (χ0n) is 16.8. The van der Waals surface area contributed by atoms with E-state index in [4.69, 9.17) is 4.74 Å². The number of ether oxygens (including phenoxy) is 1. The number of nitrogens with zero attached hydrogens (tertiary/aromatic N) is 3. The molecule has 4 aliphatic rings. The van der Waals surface area contributed by atoms with Crippen molar-refractivity contribution in [3.63, 3.8) is 0 Å². The minimum atomic E-state index is -2.67. The van der Waals surface area contributed by atoms with Crippen LogP contribution in [0.4, 0.5) is 13.6 Å². The van der Waals surface area contributed by atoms with Gasteiger partial charge in [-0.25, -0.2) is 13.6 Å². The smallest absolute Gasteiger partial charge is 0.409 e. The molecule has 0 bridgehead atoms. The number of piperidine rings is 1. The molecule has 1 aliphatic carbocycles. The Morgan fingerprint density at radius 2 is 1.82 bits per heavy atom. The lowest BCUT2D eigenvalue weighted by Gasteiger charge is -2.48. The molecule has 2 atom stereocenters. The number of hydrogen-bond donors (Lipinski definition) is 1. The molecular formula is C20H33F2N3O3. The van der Waals surface area contributed by atoms with Crippen molar-refractivity contribution in [1.29, 1.82) is 0 Å². The Morgan fingerprint density at radius 3 is 2.46 bits per heavy atom. The Morgan fingerprint density at radius 1 is 1.11 bits per heavy atom. The number of amides is 1. The van der Waals surface area contributed by atoms with Crippen LogP contribution in [-0.4, -0.2) is 95.9 Å². The van der Waals surface area contributed by atoms with E-state index < -0.39 is 12.0 Å². The zero-order chi connectivity index (χ0) is 19.9. The summed E-state index contributed by atoms with van der Waals surface area (Å²) in [5, 5.41) is 9.49. The normalized spacial score (nSPS) is 33.4. The Balaban J connectivity index is 1.25. The summed E-state index contributed by atoms with van der Waals surface area (Å²) in [5.41, 5.74) is 0.257. The molecule has 0 aromatic heterocycles. The fourth-order valence-electron chi connectivity index (χ4n) is 5.98. The number of carbonyl (C=O) groups excluding carboxylic acids is 1. The molecule has 0 aromatic carbocycles. The third-order valence-corrected chi connectivity index (χ3v) is 7.37. The van der Waals surface area contributed by atoms with Gasteiger partial charge in [-0.3, -0.25) is 4.90 Å². The highest BCUT2D eigenvalue weighted by Gasteiger charge is 2.52. The third-order valence-electron chi connectivity index (χ3n) is 7.37. The molecule has 6 nitrogen and oxygen atoms in total. The van der Waals surface area contributed by atoms with Crippen LogP contribution >= 0.6 is 0 Å². The van der Waals surface area contributed by atoms with E-state index in [1.807, 2.05) is 11.8 Å². The summed E-state index contributed by atoms with van der Waals surface area (Å²) in [6.07, 6.45) is 4.80. The van der Waals surface area contributed by atoms with Crippen LogP contribution in [0.1, 0.15) is 45.4 Å². The molecule has 1 amide bonds. The van der Waals surface area contributed by atoms with Gasteiger partial charge in [-0.05, 0) is 52.1 Å². The number of likely N-dealkylation sites (tertiary alicyclic amines) is 3. The van der Waals surface area contributed by atoms with Crippen molar-refractivity contribution in [2.75, 3.05) is 45.9 Å². The number of rotatable bonds is 4. The topological polar surface area (TPSA) is 56.2 Å². The average Bonchev–Trinajstić information content (AvgIpc) is 3.22. The van der Waals surface area contributed by atoms with Gasteiger partial charge in [0.25, 0.3) is 5.92 Å². The molecule has 4 fully saturated rings. The first-order valence-electron chi connectivity index (χ1n) is 10.7. The summed E-state index contributed by atoms with van der Waals surface area (Å²) in [4.78, 5) is 18.0. The quantitative estimate of drug-likeness (QED) is 0.783. The van der Waals surface area contributed by atoms with Crippen molar-refractivity contribution < 1.29 is 23.4 Å². The van der Waals surface area contributed by atoms with Crippen molar-refractivity contribution in [1.82, 2.24) is 14.7 Å². The highest BCUT2D eigenvalue weighted by Crippen LogP contribution is 2.47. The summed E-state index contributed by atoms with van der Waals surface area (Å²) >= 11 is 0. The Hall–Kier alpha value is -0.990. The van der Waals surface area contributed by atoms with Gasteiger partial charge >= 0.3 is 6.09 Å². The first-order valence-corrected chi connectivity index (χ1v) is 10.7. The number of alkyl halides is 2. The van der Waals surface area contributed by atoms with Gasteiger partial charge in [0, 0.05) is 43.1 Å². The predicted octanol–water partition coefficient (Wildman–Crippen LogP) is 2.16. The van der Waals surface area contributed by atoms with Crippen LogP contribution in [0.3, 0.4) is 0 Å². The SMILES string of the molecule is CCOC(=O)N1CC2(CCC(N3CCC(N4CC(F)(F)C[C@@H]4CO)CC3)C2)C1. The third kappa shape index (κ3) is 3.87. The van der Waals surface area contributed by atoms with Crippen LogP contribution in [0.2, 0.25) is 0 Å². The largest absolute Gasteiger partial charge is 0.450 e. The van der Waals surface area contributed by atoms with Gasteiger partial charge in [0.2, 0.25) is 0 Å². The minimum absolute atomic E-state index is 0.153. The lowest BCUT2D eigenvalue weighted by atomic mass is 9.78. The predicted molar refractivity (Wildman–Crippen MR) is 100 cm³/mol. The summed E-state index contributed by atoms with van der Waals surface area (Å²) < 4.78 is 32.6. The molecule has 3 aliphatic heterocycles. The summed E-state index contributed by atoms with van der Waals surface area (Å²) in [6.45, 7) is 5.34. The Bertz CT molecular complexity index is 577. The molecule has 28 heavy (non-hydrogen) atoms. The fraction of sp³-hybridized carbons (Fsp3) is 0.950. The standard InChI is InChI=1S/C20H33F2N3O3/c1-2-28-18(27)24-12-19(13-24)6-3-16(9-19)23-7-4-15(5-8-23)25-14-20(21,22)10-17(25)11-26/h15-17,26H,2-14H2,1H3/t16?,17-/m1/s1. The number of carbonyl (C=O) groups is 1. The molecule has 1 spiro atoms. The molecule has 1 saturated carbocycles. The fourth-order valence-corrected chi connectivity index (χ4v) is 5.98. The average molecular weight is 401 g/mol. The number of hydrogen-bond acceptors (Lipinski definition) is 5. The van der Waals surface area contributed by atoms with Gasteiger partial charge in [-0.1, -0.05) is 0 Å². The molecule has 0 radical (unpaired) electrons. The monoisotopic (exact) mass is 401 g/mol. The van der Waals surface area contributed by atoms with Crippen molar-refractivity contribution in [2.45, 2.75) is 69.5 Å². The Labute approximate surface area is 165 Å². The van der Waals surface area contributed by atoms with Crippen LogP contribution in [0, 0.1) is 5.41 Å². The second kappa shape index (κ2) is 7.69. The van der Waals surface area contributed by atoms with Gasteiger partial charge in [0.15, 0.2) is 0 Å². The van der Waals surface area contributed by atoms with E-state index in [9.17, 15) is 18.7 Å². The van der Waals surface area contributed by atoms with E-state index in [-0.39, 0.29) is 37.1 Å². The van der Waals surface area contributed by atoms with Gasteiger partial charge < -0.3 is 19.6 Å². The molecule has 8 heteroatoms. The van der Waals surface area contributed by atoms with Gasteiger partial charge in [0.1, 0.15) is 0 Å². The number of aliphatic hydroxyl groups is 1. The van der Waals surface area contributed by atoms with Crippen molar-refractivity contribution in [3.05, 3.63) is 0 Å². The number of halogens is 2. The maximum atomic E-state index is 13.8. The van der Waals surface area contributed by atoms with E-state index in [1.165, 1.54) is 0 Å². The summed E-state index contributed by atoms with van der Waals surface area (Å²) in [7, 11) is 0. The summed E-state index contributed by atoms with van der Waals surface area (Å²) in [6, 6.07) is 0.296. The second-order valence-electron chi connectivity index (χ2n) is 9.29. The van der Waals surface area contributed by atoms with Crippen LogP contribution in [-0.2, 0) is 4.74 Å². The van der Waals surface area contributed by atoms with Gasteiger partial charge in [-0.15, -0.1) is 0 Å². The lowest BCUT2D eigenvalue weighted by molar-refractivity contribution is -0.00818. The van der Waals surface area contributed by atoms with E-state index in [0.29, 0.717) is 12.6 Å². The van der Waals surface area contributed by atoms with Gasteiger partial charge in [-0.2, -0.15) is 0 Å². The molecule has 0 aromatic rings. The molecule has 1 unspecified atom stereocenters. The van der Waals surface area contributed by atoms with Gasteiger partial charge in [0.05, 0.1) is 19.8 Å². The van der Waals surface area contributed by atoms with Crippen molar-refractivity contribution in [3.8, 4) is 0 Å². The van der Waals surface area contributed by atoms with E-state index in [0.717, 1.165) is 58.3 Å². The zero-order valence-corrected chi connectivity index (χ0v) is 16.8. The lowest BCUT2D eigenvalue weighted by Crippen LogP contribution is -2.58. The van der Waals surface area contributed by atoms with E-state index >= 15 is 0 Å². The van der Waals surface area contributed by atoms with Crippen LogP contribution in [0.15, 0.2) is 0 Å². The highest BCUT2D eigenvalue weighted by molar-refractivity contribution is 5.69. The first kappa shape index (κ1) is 20.3. The van der Waals surface area contributed by atoms with Crippen LogP contribution in [0.5, 0.6) is 0 Å². The molecule has 3 saturated heterocycles. The molecule has 1 N–H and O–H groups in total.